The van der Waals surface area contributed by atoms with Crippen LogP contribution in [-0.4, -0.2) is 35.4 Å². The Kier molecular flexibility index (Phi) is 3.62. The molecule has 0 spiro atoms. The predicted molar refractivity (Wildman–Crippen MR) is 69.4 cm³/mol. The molecule has 1 aromatic heterocycles. The zero-order valence-electron chi connectivity index (χ0n) is 11.1. The van der Waals surface area contributed by atoms with E-state index in [2.05, 4.69) is 4.98 Å². The van der Waals surface area contributed by atoms with Crippen LogP contribution in [0.25, 0.3) is 10.9 Å². The van der Waals surface area contributed by atoms with Gasteiger partial charge in [-0.25, -0.2) is 5.06 Å². The Morgan fingerprint density at radius 3 is 2.68 bits per heavy atom. The van der Waals surface area contributed by atoms with Gasteiger partial charge < -0.3 is 14.5 Å². The molecule has 0 radical (unpaired) electrons. The zero-order valence-corrected chi connectivity index (χ0v) is 11.1. The fraction of sp³-hybridized carbons (Fsp3) is 0.308. The molecule has 1 amide bonds. The van der Waals surface area contributed by atoms with Crippen molar-refractivity contribution in [2.45, 2.75) is 13.5 Å². The van der Waals surface area contributed by atoms with Gasteiger partial charge in [-0.3, -0.25) is 10.0 Å². The molecule has 0 aliphatic carbocycles. The minimum Gasteiger partial charge on any atom is -0.497 e. The fourth-order valence-corrected chi connectivity index (χ4v) is 1.91. The number of amides is 1. The smallest absolute Gasteiger partial charge is 0.243 e. The van der Waals surface area contributed by atoms with E-state index in [1.807, 2.05) is 6.07 Å². The highest BCUT2D eigenvalue weighted by Gasteiger charge is 2.14. The number of aromatic nitrogens is 1. The van der Waals surface area contributed by atoms with Crippen molar-refractivity contribution >= 4 is 16.8 Å². The standard InChI is InChI=1S/C13H16N2O4/c1-8(16)15(17)7-9-6-14-13-11(9)4-10(18-2)5-12(13)19-3/h4-6,14,17H,7H2,1-3H3. The summed E-state index contributed by atoms with van der Waals surface area (Å²) in [6.45, 7) is 1.40. The Labute approximate surface area is 110 Å². The molecule has 6 heteroatoms. The van der Waals surface area contributed by atoms with Gasteiger partial charge in [0.15, 0.2) is 0 Å². The van der Waals surface area contributed by atoms with Gasteiger partial charge in [-0.2, -0.15) is 0 Å². The fourth-order valence-electron chi connectivity index (χ4n) is 1.91. The summed E-state index contributed by atoms with van der Waals surface area (Å²) in [6.07, 6.45) is 1.73. The number of carbonyl (C=O) groups excluding carboxylic acids is 1. The predicted octanol–water partition coefficient (Wildman–Crippen LogP) is 1.92. The maximum absolute atomic E-state index is 11.1. The average Bonchev–Trinajstić information content (AvgIpc) is 2.80. The average molecular weight is 264 g/mol. The number of nitrogens with one attached hydrogen (secondary N) is 1. The first-order valence-electron chi connectivity index (χ1n) is 5.75. The van der Waals surface area contributed by atoms with E-state index in [1.54, 1.807) is 26.5 Å². The molecule has 0 fully saturated rings. The molecule has 2 aromatic rings. The molecule has 0 unspecified atom stereocenters. The third kappa shape index (κ3) is 2.48. The molecule has 0 aliphatic heterocycles. The number of carbonyl (C=O) groups is 1. The maximum Gasteiger partial charge on any atom is 0.243 e. The van der Waals surface area contributed by atoms with Gasteiger partial charge in [-0.15, -0.1) is 0 Å². The monoisotopic (exact) mass is 264 g/mol. The van der Waals surface area contributed by atoms with Gasteiger partial charge >= 0.3 is 0 Å². The molecule has 0 aliphatic rings. The number of fused-ring (bicyclic) bond motifs is 1. The quantitative estimate of drug-likeness (QED) is 0.653. The molecule has 0 atom stereocenters. The highest BCUT2D eigenvalue weighted by Crippen LogP contribution is 2.32. The first kappa shape index (κ1) is 13.2. The summed E-state index contributed by atoms with van der Waals surface area (Å²) in [6, 6.07) is 3.60. The first-order chi connectivity index (χ1) is 9.06. The lowest BCUT2D eigenvalue weighted by molar-refractivity contribution is -0.165. The molecule has 2 N–H and O–H groups in total. The van der Waals surface area contributed by atoms with E-state index in [0.717, 1.165) is 16.5 Å². The van der Waals surface area contributed by atoms with Crippen molar-refractivity contribution in [3.05, 3.63) is 23.9 Å². The van der Waals surface area contributed by atoms with E-state index in [9.17, 15) is 10.0 Å². The Bertz CT molecular complexity index is 606. The summed E-state index contributed by atoms with van der Waals surface area (Å²) in [5.41, 5.74) is 1.58. The van der Waals surface area contributed by atoms with Crippen molar-refractivity contribution in [1.82, 2.24) is 10.0 Å². The topological polar surface area (TPSA) is 74.8 Å². The van der Waals surface area contributed by atoms with E-state index >= 15 is 0 Å². The summed E-state index contributed by atoms with van der Waals surface area (Å²) in [4.78, 5) is 14.1. The van der Waals surface area contributed by atoms with Crippen molar-refractivity contribution in [1.29, 1.82) is 0 Å². The highest BCUT2D eigenvalue weighted by molar-refractivity contribution is 5.90. The summed E-state index contributed by atoms with van der Waals surface area (Å²) in [5, 5.41) is 11.0. The van der Waals surface area contributed by atoms with E-state index in [1.165, 1.54) is 6.92 Å². The third-order valence-corrected chi connectivity index (χ3v) is 2.95. The van der Waals surface area contributed by atoms with Gasteiger partial charge in [-0.05, 0) is 11.6 Å². The molecule has 0 bridgehead atoms. The summed E-state index contributed by atoms with van der Waals surface area (Å²) >= 11 is 0. The lowest BCUT2D eigenvalue weighted by atomic mass is 10.1. The molecule has 19 heavy (non-hydrogen) atoms. The molecule has 2 rings (SSSR count). The van der Waals surface area contributed by atoms with Crippen LogP contribution < -0.4 is 9.47 Å². The second-order valence-corrected chi connectivity index (χ2v) is 4.14. The van der Waals surface area contributed by atoms with Gasteiger partial charge in [0.05, 0.1) is 26.3 Å². The molecule has 1 heterocycles. The number of ether oxygens (including phenoxy) is 2. The highest BCUT2D eigenvalue weighted by atomic mass is 16.5. The van der Waals surface area contributed by atoms with Gasteiger partial charge in [0, 0.05) is 24.6 Å². The van der Waals surface area contributed by atoms with Crippen LogP contribution in [0.3, 0.4) is 0 Å². The Hall–Kier alpha value is -2.21. The Morgan fingerprint density at radius 1 is 1.37 bits per heavy atom. The van der Waals surface area contributed by atoms with Gasteiger partial charge in [0.2, 0.25) is 5.91 Å². The Morgan fingerprint density at radius 2 is 2.11 bits per heavy atom. The second kappa shape index (κ2) is 5.19. The number of aromatic amines is 1. The molecular weight excluding hydrogens is 248 g/mol. The van der Waals surface area contributed by atoms with Crippen LogP contribution in [0.5, 0.6) is 11.5 Å². The third-order valence-electron chi connectivity index (χ3n) is 2.95. The SMILES string of the molecule is COc1cc(OC)c2[nH]cc(CN(O)C(C)=O)c2c1. The first-order valence-corrected chi connectivity index (χ1v) is 5.75. The molecule has 102 valence electrons. The molecule has 6 nitrogen and oxygen atoms in total. The second-order valence-electron chi connectivity index (χ2n) is 4.14. The number of hydrogen-bond acceptors (Lipinski definition) is 4. The van der Waals surface area contributed by atoms with Crippen molar-refractivity contribution < 1.29 is 19.5 Å². The summed E-state index contributed by atoms with van der Waals surface area (Å²) in [7, 11) is 3.14. The van der Waals surface area contributed by atoms with Crippen LogP contribution in [0, 0.1) is 0 Å². The Balaban J connectivity index is 2.48. The lowest BCUT2D eigenvalue weighted by Crippen LogP contribution is -2.23. The van der Waals surface area contributed by atoms with Crippen LogP contribution >= 0.6 is 0 Å². The summed E-state index contributed by atoms with van der Waals surface area (Å²) < 4.78 is 10.5. The van der Waals surface area contributed by atoms with Gasteiger partial charge in [-0.1, -0.05) is 0 Å². The van der Waals surface area contributed by atoms with Gasteiger partial charge in [0.25, 0.3) is 0 Å². The van der Waals surface area contributed by atoms with Crippen molar-refractivity contribution in [3.63, 3.8) is 0 Å². The van der Waals surface area contributed by atoms with E-state index in [4.69, 9.17) is 9.47 Å². The minimum atomic E-state index is -0.413. The van der Waals surface area contributed by atoms with Crippen LogP contribution in [0.15, 0.2) is 18.3 Å². The molecular formula is C13H16N2O4. The maximum atomic E-state index is 11.1. The van der Waals surface area contributed by atoms with Crippen LogP contribution in [-0.2, 0) is 11.3 Å². The summed E-state index contributed by atoms with van der Waals surface area (Å²) in [5.74, 6) is 0.884. The van der Waals surface area contributed by atoms with E-state index < -0.39 is 5.91 Å². The lowest BCUT2D eigenvalue weighted by Gasteiger charge is -2.12. The van der Waals surface area contributed by atoms with E-state index in [0.29, 0.717) is 16.6 Å². The number of rotatable bonds is 4. The molecule has 1 aromatic carbocycles. The number of nitrogens with zero attached hydrogens (tertiary/aromatic N) is 1. The van der Waals surface area contributed by atoms with E-state index in [-0.39, 0.29) is 6.54 Å². The molecule has 0 saturated heterocycles. The van der Waals surface area contributed by atoms with Crippen LogP contribution in [0.4, 0.5) is 0 Å². The largest absolute Gasteiger partial charge is 0.497 e. The number of H-pyrrole nitrogens is 1. The number of hydrogen-bond donors (Lipinski definition) is 2. The number of hydroxylamine groups is 2. The van der Waals surface area contributed by atoms with Crippen molar-refractivity contribution in [2.24, 2.45) is 0 Å². The minimum absolute atomic E-state index is 0.103. The normalized spacial score (nSPS) is 10.5. The van der Waals surface area contributed by atoms with Crippen molar-refractivity contribution in [2.75, 3.05) is 14.2 Å². The van der Waals surface area contributed by atoms with Crippen LogP contribution in [0.1, 0.15) is 12.5 Å². The van der Waals surface area contributed by atoms with Crippen LogP contribution in [0.2, 0.25) is 0 Å². The number of benzene rings is 1. The van der Waals surface area contributed by atoms with Gasteiger partial charge in [0.1, 0.15) is 11.5 Å². The molecule has 0 saturated carbocycles. The number of methoxy groups -OCH3 is 2. The van der Waals surface area contributed by atoms with Crippen molar-refractivity contribution in [3.8, 4) is 11.5 Å². The zero-order chi connectivity index (χ0) is 14.0.